The Hall–Kier alpha value is -1.52. The Morgan fingerprint density at radius 2 is 2.11 bits per heavy atom. The van der Waals surface area contributed by atoms with E-state index in [4.69, 9.17) is 0 Å². The van der Waals surface area contributed by atoms with E-state index in [1.54, 1.807) is 12.4 Å². The molecule has 5 heteroatoms. The summed E-state index contributed by atoms with van der Waals surface area (Å²) in [5, 5.41) is 4.10. The van der Waals surface area contributed by atoms with E-state index < -0.39 is 0 Å². The van der Waals surface area contributed by atoms with Gasteiger partial charge in [-0.05, 0) is 38.5 Å². The quantitative estimate of drug-likeness (QED) is 0.477. The Morgan fingerprint density at radius 3 is 2.89 bits per heavy atom. The highest BCUT2D eigenvalue weighted by Gasteiger charge is 2.03. The second-order valence-corrected chi connectivity index (χ2v) is 5.51. The van der Waals surface area contributed by atoms with E-state index in [1.165, 1.54) is 8.93 Å². The van der Waals surface area contributed by atoms with E-state index in [1.807, 2.05) is 35.2 Å². The van der Waals surface area contributed by atoms with Crippen LogP contribution in [0.4, 0.5) is 0 Å². The van der Waals surface area contributed by atoms with E-state index in [0.717, 1.165) is 22.3 Å². The molecule has 0 aliphatic heterocycles. The van der Waals surface area contributed by atoms with Gasteiger partial charge in [-0.15, -0.1) is 0 Å². The Labute approximate surface area is 127 Å². The topological polar surface area (TPSA) is 30.7 Å². The molecule has 3 heterocycles. The zero-order valence-electron chi connectivity index (χ0n) is 9.75. The van der Waals surface area contributed by atoms with Gasteiger partial charge in [0.15, 0.2) is 0 Å². The molecule has 0 unspecified atom stereocenters. The average molecular weight is 377 g/mol. The molecular weight excluding hydrogens is 369 g/mol. The second-order valence-electron chi connectivity index (χ2n) is 3.83. The Morgan fingerprint density at radius 1 is 1.16 bits per heavy atom. The monoisotopic (exact) mass is 377 g/mol. The first-order valence-corrected chi connectivity index (χ1v) is 8.90. The molecule has 0 bridgehead atoms. The lowest BCUT2D eigenvalue weighted by Gasteiger charge is -2.03. The maximum atomic E-state index is 4.45. The minimum Gasteiger partial charge on any atom is -0.300 e. The number of fused-ring (bicyclic) bond motifs is 1. The van der Waals surface area contributed by atoms with Crippen LogP contribution in [0.1, 0.15) is 5.56 Å². The van der Waals surface area contributed by atoms with Gasteiger partial charge in [-0.1, -0.05) is 5.92 Å². The molecule has 92 valence electrons. The fourth-order valence-electron chi connectivity index (χ4n) is 1.85. The fourth-order valence-corrected chi connectivity index (χ4v) is 2.34. The van der Waals surface area contributed by atoms with Crippen molar-refractivity contribution in [3.05, 3.63) is 54.6 Å². The van der Waals surface area contributed by atoms with E-state index in [2.05, 4.69) is 48.4 Å². The van der Waals surface area contributed by atoms with Gasteiger partial charge < -0.3 is 0 Å². The molecule has 3 aromatic rings. The fraction of sp³-hybridized carbons (Fsp3) is 0. The van der Waals surface area contributed by atoms with Gasteiger partial charge in [0.2, 0.25) is 0 Å². The predicted octanol–water partition coefficient (Wildman–Crippen LogP) is 3.81. The number of halogens is 1. The molecule has 0 aliphatic carbocycles. The molecule has 3 aromatic heterocycles. The molecule has 0 N–H and O–H groups in total. The molecule has 0 atom stereocenters. The molecule has 0 saturated carbocycles. The summed E-state index contributed by atoms with van der Waals surface area (Å²) in [6.07, 6.45) is 7.43. The minimum atomic E-state index is 0.871. The molecule has 0 amide bonds. The highest BCUT2D eigenvalue weighted by Crippen LogP contribution is 2.18. The lowest BCUT2D eigenvalue weighted by atomic mass is 10.3. The van der Waals surface area contributed by atoms with Crippen LogP contribution in [0.15, 0.2) is 49.1 Å². The van der Waals surface area contributed by atoms with Crippen molar-refractivity contribution < 1.29 is 0 Å². The van der Waals surface area contributed by atoms with Gasteiger partial charge in [0.1, 0.15) is 5.82 Å². The molecule has 0 aliphatic rings. The van der Waals surface area contributed by atoms with Gasteiger partial charge in [0, 0.05) is 50.7 Å². The highest BCUT2D eigenvalue weighted by molar-refractivity contribution is 14.2. The minimum absolute atomic E-state index is 0.871. The van der Waals surface area contributed by atoms with E-state index in [0.29, 0.717) is 0 Å². The summed E-state index contributed by atoms with van der Waals surface area (Å²) in [6.45, 7) is 0. The third-order valence-corrected chi connectivity index (χ3v) is 3.56. The summed E-state index contributed by atoms with van der Waals surface area (Å²) >= 11 is 2.15. The van der Waals surface area contributed by atoms with Crippen molar-refractivity contribution in [2.24, 2.45) is 0 Å². The van der Waals surface area contributed by atoms with Crippen LogP contribution in [0.2, 0.25) is 0 Å². The van der Waals surface area contributed by atoms with E-state index >= 15 is 0 Å². The largest absolute Gasteiger partial charge is 0.300 e. The van der Waals surface area contributed by atoms with Crippen LogP contribution >= 0.6 is 30.1 Å². The molecule has 0 radical (unpaired) electrons. The summed E-state index contributed by atoms with van der Waals surface area (Å²) < 4.78 is 2.02. The lowest BCUT2D eigenvalue weighted by Crippen LogP contribution is -1.95. The number of hydrogen-bond acceptors (Lipinski definition) is 3. The van der Waals surface area contributed by atoms with Gasteiger partial charge in [0.25, 0.3) is 0 Å². The zero-order valence-corrected chi connectivity index (χ0v) is 12.7. The first kappa shape index (κ1) is 12.5. The standard InChI is InChI=1S/C14H8IN3S/c15-19-8-5-11-1-2-14(17-9-11)18-7-4-12-3-6-16-10-13(12)18/h1-4,6-7,9-10H. The van der Waals surface area contributed by atoms with Gasteiger partial charge >= 0.3 is 0 Å². The summed E-state index contributed by atoms with van der Waals surface area (Å²) in [4.78, 5) is 8.60. The van der Waals surface area contributed by atoms with Crippen molar-refractivity contribution >= 4 is 41.0 Å². The van der Waals surface area contributed by atoms with Gasteiger partial charge in [-0.25, -0.2) is 4.98 Å². The number of nitrogens with zero attached hydrogens (tertiary/aromatic N) is 3. The lowest BCUT2D eigenvalue weighted by molar-refractivity contribution is 1.04. The third kappa shape index (κ3) is 2.60. The van der Waals surface area contributed by atoms with Crippen LogP contribution in [-0.4, -0.2) is 14.5 Å². The van der Waals surface area contributed by atoms with Crippen LogP contribution in [0.5, 0.6) is 0 Å². The molecule has 0 aromatic carbocycles. The molecule has 0 saturated heterocycles. The van der Waals surface area contributed by atoms with Crippen molar-refractivity contribution in [3.8, 4) is 17.0 Å². The Bertz CT molecular complexity index is 768. The van der Waals surface area contributed by atoms with Crippen LogP contribution in [0.25, 0.3) is 16.7 Å². The maximum absolute atomic E-state index is 4.45. The third-order valence-electron chi connectivity index (χ3n) is 2.72. The molecule has 0 fully saturated rings. The number of hydrogen-bond donors (Lipinski definition) is 0. The van der Waals surface area contributed by atoms with Gasteiger partial charge in [-0.2, -0.15) is 0 Å². The second kappa shape index (κ2) is 5.63. The predicted molar refractivity (Wildman–Crippen MR) is 87.4 cm³/mol. The summed E-state index contributed by atoms with van der Waals surface area (Å²) in [6, 6.07) is 7.99. The molecule has 19 heavy (non-hydrogen) atoms. The average Bonchev–Trinajstić information content (AvgIpc) is 2.90. The highest BCUT2D eigenvalue weighted by atomic mass is 127. The Kier molecular flexibility index (Phi) is 3.71. The van der Waals surface area contributed by atoms with Crippen LogP contribution in [0.3, 0.4) is 0 Å². The number of aromatic nitrogens is 3. The summed E-state index contributed by atoms with van der Waals surface area (Å²) in [7, 11) is 1.47. The summed E-state index contributed by atoms with van der Waals surface area (Å²) in [5.74, 6) is 3.90. The molecule has 3 rings (SSSR count). The normalized spacial score (nSPS) is 10.2. The first-order chi connectivity index (χ1) is 9.38. The van der Waals surface area contributed by atoms with Crippen LogP contribution in [-0.2, 0) is 0 Å². The van der Waals surface area contributed by atoms with E-state index in [-0.39, 0.29) is 0 Å². The summed E-state index contributed by atoms with van der Waals surface area (Å²) in [5.41, 5.74) is 1.97. The number of pyridine rings is 2. The van der Waals surface area contributed by atoms with E-state index in [9.17, 15) is 0 Å². The van der Waals surface area contributed by atoms with Crippen molar-refractivity contribution in [1.29, 1.82) is 0 Å². The maximum Gasteiger partial charge on any atom is 0.137 e. The van der Waals surface area contributed by atoms with Crippen molar-refractivity contribution in [2.45, 2.75) is 0 Å². The molecule has 0 spiro atoms. The van der Waals surface area contributed by atoms with Gasteiger partial charge in [0.05, 0.1) is 11.7 Å². The SMILES string of the molecule is ISC#Cc1ccc(-n2ccc3ccncc32)nc1. The van der Waals surface area contributed by atoms with Crippen LogP contribution < -0.4 is 0 Å². The Balaban J connectivity index is 2.02. The molecular formula is C14H8IN3S. The van der Waals surface area contributed by atoms with Crippen molar-refractivity contribution in [1.82, 2.24) is 14.5 Å². The zero-order chi connectivity index (χ0) is 13.1. The first-order valence-electron chi connectivity index (χ1n) is 5.54. The van der Waals surface area contributed by atoms with Crippen LogP contribution in [0, 0.1) is 11.2 Å². The van der Waals surface area contributed by atoms with Crippen molar-refractivity contribution in [2.75, 3.05) is 0 Å². The molecule has 3 nitrogen and oxygen atoms in total. The van der Waals surface area contributed by atoms with Crippen molar-refractivity contribution in [3.63, 3.8) is 0 Å². The smallest absolute Gasteiger partial charge is 0.137 e. The number of rotatable bonds is 1. The van der Waals surface area contributed by atoms with Gasteiger partial charge in [-0.3, -0.25) is 9.55 Å².